The first kappa shape index (κ1) is 34.3. The molecule has 2 unspecified atom stereocenters. The topological polar surface area (TPSA) is 179 Å². The van der Waals surface area contributed by atoms with E-state index in [1.807, 2.05) is 39.0 Å². The van der Waals surface area contributed by atoms with E-state index >= 15 is 0 Å². The van der Waals surface area contributed by atoms with Crippen LogP contribution in [0.25, 0.3) is 0 Å². The molecule has 3 rings (SSSR count). The van der Waals surface area contributed by atoms with Crippen molar-refractivity contribution in [3.8, 4) is 5.75 Å². The molecule has 0 bridgehead atoms. The van der Waals surface area contributed by atoms with Gasteiger partial charge in [0.2, 0.25) is 15.9 Å². The second kappa shape index (κ2) is 15.5. The summed E-state index contributed by atoms with van der Waals surface area (Å²) in [5.74, 6) is -1.13. The van der Waals surface area contributed by atoms with Gasteiger partial charge in [0.05, 0.1) is 43.3 Å². The number of aliphatic carboxylic acids is 1. The normalized spacial score (nSPS) is 14.5. The zero-order chi connectivity index (χ0) is 32.4. The summed E-state index contributed by atoms with van der Waals surface area (Å²) < 4.78 is 31.5. The molecule has 0 aromatic heterocycles. The highest BCUT2D eigenvalue weighted by Crippen LogP contribution is 2.26. The number of carbonyl (C=O) groups excluding carboxylic acids is 2. The third kappa shape index (κ3) is 10.2. The number of carboxylic acids is 1. The Hall–Kier alpha value is -4.17. The number of rotatable bonds is 15. The van der Waals surface area contributed by atoms with Crippen LogP contribution in [0.2, 0.25) is 0 Å². The fraction of sp³-hybridized carbons (Fsp3) is 0.467. The number of hydrogen-bond donors (Lipinski definition) is 5. The van der Waals surface area contributed by atoms with E-state index in [1.165, 1.54) is 19.0 Å². The van der Waals surface area contributed by atoms with E-state index in [-0.39, 0.29) is 36.6 Å². The molecule has 2 atom stereocenters. The fourth-order valence-electron chi connectivity index (χ4n) is 4.70. The van der Waals surface area contributed by atoms with Gasteiger partial charge in [0.1, 0.15) is 11.8 Å². The number of nitrogens with zero attached hydrogens (tertiary/aromatic N) is 2. The van der Waals surface area contributed by atoms with Crippen molar-refractivity contribution < 1.29 is 32.6 Å². The van der Waals surface area contributed by atoms with E-state index < -0.39 is 28.1 Å². The number of aryl methyl sites for hydroxylation is 1. The smallest absolute Gasteiger partial charge is 0.323 e. The van der Waals surface area contributed by atoms with Crippen LogP contribution in [0.5, 0.6) is 5.75 Å². The molecule has 14 heteroatoms. The number of ether oxygens (including phenoxy) is 1. The summed E-state index contributed by atoms with van der Waals surface area (Å²) in [5.41, 5.74) is 3.43. The Labute approximate surface area is 258 Å². The number of amides is 3. The van der Waals surface area contributed by atoms with Gasteiger partial charge in [0, 0.05) is 18.7 Å². The van der Waals surface area contributed by atoms with Crippen LogP contribution in [0.1, 0.15) is 44.7 Å². The molecule has 3 amide bonds. The molecule has 0 saturated heterocycles. The van der Waals surface area contributed by atoms with Crippen LogP contribution in [-0.4, -0.2) is 80.2 Å². The van der Waals surface area contributed by atoms with E-state index in [1.54, 1.807) is 24.3 Å². The lowest BCUT2D eigenvalue weighted by Crippen LogP contribution is -2.47. The van der Waals surface area contributed by atoms with Crippen molar-refractivity contribution in [2.75, 3.05) is 36.6 Å². The molecule has 0 saturated carbocycles. The monoisotopic (exact) mass is 630 g/mol. The third-order valence-electron chi connectivity index (χ3n) is 7.01. The van der Waals surface area contributed by atoms with Gasteiger partial charge in [-0.25, -0.2) is 13.2 Å². The zero-order valence-electron chi connectivity index (χ0n) is 25.7. The highest BCUT2D eigenvalue weighted by Gasteiger charge is 2.30. The molecular weight excluding hydrogens is 588 g/mol. The molecule has 1 aliphatic rings. The van der Waals surface area contributed by atoms with Crippen molar-refractivity contribution in [2.45, 2.75) is 59.0 Å². The SMILES string of the molecule is CCS(=O)(=O)NC(CN1CCC(C(CC(C)C)NC(=O)Cc2ccc(NC(=O)Nc3ccccc3C)c(OC)c2)=N1)C(=O)O. The molecule has 1 heterocycles. The van der Waals surface area contributed by atoms with Crippen molar-refractivity contribution in [3.63, 3.8) is 0 Å². The van der Waals surface area contributed by atoms with Crippen molar-refractivity contribution in [1.82, 2.24) is 15.0 Å². The fourth-order valence-corrected chi connectivity index (χ4v) is 5.47. The average molecular weight is 631 g/mol. The molecule has 0 aliphatic carbocycles. The van der Waals surface area contributed by atoms with Gasteiger partial charge in [-0.3, -0.25) is 14.6 Å². The van der Waals surface area contributed by atoms with Crippen molar-refractivity contribution in [2.24, 2.45) is 11.0 Å². The molecule has 44 heavy (non-hydrogen) atoms. The van der Waals surface area contributed by atoms with E-state index in [2.05, 4.69) is 25.8 Å². The first-order chi connectivity index (χ1) is 20.8. The number of para-hydroxylation sites is 1. The number of benzene rings is 2. The molecule has 240 valence electrons. The van der Waals surface area contributed by atoms with E-state index in [0.29, 0.717) is 47.8 Å². The Morgan fingerprint density at radius 1 is 1.09 bits per heavy atom. The van der Waals surface area contributed by atoms with Crippen LogP contribution in [-0.2, 0) is 26.0 Å². The Balaban J connectivity index is 1.65. The predicted molar refractivity (Wildman–Crippen MR) is 170 cm³/mol. The van der Waals surface area contributed by atoms with Crippen LogP contribution >= 0.6 is 0 Å². The van der Waals surface area contributed by atoms with Crippen LogP contribution in [0.3, 0.4) is 0 Å². The van der Waals surface area contributed by atoms with Gasteiger partial charge in [-0.15, -0.1) is 0 Å². The van der Waals surface area contributed by atoms with Gasteiger partial charge >= 0.3 is 12.0 Å². The van der Waals surface area contributed by atoms with Crippen LogP contribution in [0.4, 0.5) is 16.2 Å². The summed E-state index contributed by atoms with van der Waals surface area (Å²) in [6, 6.07) is 10.4. The Kier molecular flexibility index (Phi) is 12.1. The number of carbonyl (C=O) groups is 3. The van der Waals surface area contributed by atoms with Crippen LogP contribution < -0.4 is 25.4 Å². The lowest BCUT2D eigenvalue weighted by Gasteiger charge is -2.21. The molecule has 2 aromatic rings. The molecule has 5 N–H and O–H groups in total. The number of nitrogens with one attached hydrogen (secondary N) is 4. The second-order valence-corrected chi connectivity index (χ2v) is 13.1. The summed E-state index contributed by atoms with van der Waals surface area (Å²) in [6.45, 7) is 7.65. The molecular formula is C30H42N6O7S. The molecule has 2 aromatic carbocycles. The minimum Gasteiger partial charge on any atom is -0.495 e. The van der Waals surface area contributed by atoms with Gasteiger partial charge in [0.15, 0.2) is 0 Å². The molecule has 0 fully saturated rings. The zero-order valence-corrected chi connectivity index (χ0v) is 26.5. The molecule has 0 radical (unpaired) electrons. The largest absolute Gasteiger partial charge is 0.495 e. The number of sulfonamides is 1. The predicted octanol–water partition coefficient (Wildman–Crippen LogP) is 3.18. The maximum Gasteiger partial charge on any atom is 0.323 e. The van der Waals surface area contributed by atoms with E-state index in [0.717, 1.165) is 5.56 Å². The van der Waals surface area contributed by atoms with Crippen molar-refractivity contribution in [3.05, 3.63) is 53.6 Å². The number of hydrogen-bond acceptors (Lipinski definition) is 8. The summed E-state index contributed by atoms with van der Waals surface area (Å²) in [4.78, 5) is 37.4. The number of anilines is 2. The molecule has 1 aliphatic heterocycles. The maximum atomic E-state index is 13.1. The summed E-state index contributed by atoms with van der Waals surface area (Å²) in [5, 5.41) is 24.2. The number of methoxy groups -OCH3 is 1. The van der Waals surface area contributed by atoms with Gasteiger partial charge in [-0.05, 0) is 55.5 Å². The van der Waals surface area contributed by atoms with Gasteiger partial charge < -0.3 is 25.8 Å². The summed E-state index contributed by atoms with van der Waals surface area (Å²) in [6.07, 6.45) is 1.17. The minimum absolute atomic E-state index is 0.0531. The average Bonchev–Trinajstić information content (AvgIpc) is 3.42. The third-order valence-corrected chi connectivity index (χ3v) is 8.41. The number of urea groups is 1. The maximum absolute atomic E-state index is 13.1. The van der Waals surface area contributed by atoms with E-state index in [9.17, 15) is 27.9 Å². The van der Waals surface area contributed by atoms with Crippen LogP contribution in [0, 0.1) is 12.8 Å². The van der Waals surface area contributed by atoms with Crippen molar-refractivity contribution >= 4 is 45.0 Å². The number of hydrazone groups is 1. The van der Waals surface area contributed by atoms with Crippen molar-refractivity contribution in [1.29, 1.82) is 0 Å². The molecule has 13 nitrogen and oxygen atoms in total. The van der Waals surface area contributed by atoms with Gasteiger partial charge in [-0.1, -0.05) is 38.1 Å². The van der Waals surface area contributed by atoms with Crippen LogP contribution in [0.15, 0.2) is 47.6 Å². The highest BCUT2D eigenvalue weighted by molar-refractivity contribution is 7.89. The standard InChI is InChI=1S/C30H42N6O7S/c1-6-44(41,42)35-26(29(38)39)18-36-14-13-23(34-36)25(15-19(2)3)31-28(37)17-21-11-12-24(27(16-21)43-5)33-30(40)32-22-10-8-7-9-20(22)4/h7-12,16,19,25-26,35H,6,13-15,17-18H2,1-5H3,(H,31,37)(H,38,39)(H2,32,33,40). The van der Waals surface area contributed by atoms with Gasteiger partial charge in [0.25, 0.3) is 0 Å². The summed E-state index contributed by atoms with van der Waals surface area (Å²) in [7, 11) is -2.24. The lowest BCUT2D eigenvalue weighted by atomic mass is 9.98. The number of carboxylic acid groups (broad SMARTS) is 1. The Bertz CT molecular complexity index is 1480. The Morgan fingerprint density at radius 3 is 2.43 bits per heavy atom. The quantitative estimate of drug-likeness (QED) is 0.199. The van der Waals surface area contributed by atoms with E-state index in [4.69, 9.17) is 4.74 Å². The summed E-state index contributed by atoms with van der Waals surface area (Å²) >= 11 is 0. The second-order valence-electron chi connectivity index (χ2n) is 11.0. The minimum atomic E-state index is -3.72. The lowest BCUT2D eigenvalue weighted by molar-refractivity contribution is -0.139. The first-order valence-electron chi connectivity index (χ1n) is 14.4. The first-order valence-corrected chi connectivity index (χ1v) is 16.1. The molecule has 0 spiro atoms. The Morgan fingerprint density at radius 2 is 1.80 bits per heavy atom. The van der Waals surface area contributed by atoms with Gasteiger partial charge in [-0.2, -0.15) is 9.82 Å². The highest BCUT2D eigenvalue weighted by atomic mass is 32.2.